The molecular weight excluding hydrogens is 342 g/mol. The molecule has 2 aromatic heterocycles. The molecule has 5 nitrogen and oxygen atoms in total. The van der Waals surface area contributed by atoms with Crippen molar-refractivity contribution in [1.29, 1.82) is 0 Å². The number of nitrogens with one attached hydrogen (secondary N) is 3. The van der Waals surface area contributed by atoms with Crippen LogP contribution < -0.4 is 10.6 Å². The number of aryl methyl sites for hydroxylation is 2. The summed E-state index contributed by atoms with van der Waals surface area (Å²) in [6.45, 7) is 8.74. The molecule has 0 bridgehead atoms. The molecular formula is C20H27N5S. The molecule has 0 aliphatic carbocycles. The fourth-order valence-corrected chi connectivity index (χ4v) is 3.76. The summed E-state index contributed by atoms with van der Waals surface area (Å²) in [6, 6.07) is 6.39. The lowest BCUT2D eigenvalue weighted by molar-refractivity contribution is 0.796. The van der Waals surface area contributed by atoms with E-state index in [0.29, 0.717) is 0 Å². The zero-order chi connectivity index (χ0) is 18.4. The first kappa shape index (κ1) is 18.5. The van der Waals surface area contributed by atoms with Crippen LogP contribution in [0.1, 0.15) is 28.8 Å². The summed E-state index contributed by atoms with van der Waals surface area (Å²) in [7, 11) is 0. The van der Waals surface area contributed by atoms with Gasteiger partial charge >= 0.3 is 0 Å². The number of hydrogen-bond donors (Lipinski definition) is 3. The van der Waals surface area contributed by atoms with Gasteiger partial charge in [0.15, 0.2) is 5.96 Å². The first-order valence-corrected chi connectivity index (χ1v) is 10.0. The van der Waals surface area contributed by atoms with Gasteiger partial charge in [-0.15, -0.1) is 11.3 Å². The van der Waals surface area contributed by atoms with Gasteiger partial charge < -0.3 is 15.6 Å². The summed E-state index contributed by atoms with van der Waals surface area (Å²) in [5.74, 6) is 0.871. The molecule has 0 saturated carbocycles. The maximum Gasteiger partial charge on any atom is 0.191 e. The Labute approximate surface area is 159 Å². The predicted octanol–water partition coefficient (Wildman–Crippen LogP) is 3.58. The number of nitrogens with zero attached hydrogens (tertiary/aromatic N) is 2. The third kappa shape index (κ3) is 4.64. The van der Waals surface area contributed by atoms with Crippen LogP contribution in [0.5, 0.6) is 0 Å². The van der Waals surface area contributed by atoms with Crippen molar-refractivity contribution >= 4 is 28.2 Å². The minimum absolute atomic E-state index is 0.741. The topological polar surface area (TPSA) is 65.1 Å². The van der Waals surface area contributed by atoms with Crippen LogP contribution in [0.3, 0.4) is 0 Å². The quantitative estimate of drug-likeness (QED) is 0.440. The SMILES string of the molecule is CCNC(=NCCc1csc(C)n1)NCCc1c[nH]c2cccc(C)c12. The Morgan fingerprint density at radius 2 is 2.12 bits per heavy atom. The molecule has 138 valence electrons. The number of fused-ring (bicyclic) bond motifs is 1. The van der Waals surface area contributed by atoms with E-state index >= 15 is 0 Å². The van der Waals surface area contributed by atoms with E-state index in [1.165, 1.54) is 22.0 Å². The summed E-state index contributed by atoms with van der Waals surface area (Å²) in [4.78, 5) is 12.5. The third-order valence-corrected chi connectivity index (χ3v) is 5.15. The van der Waals surface area contributed by atoms with E-state index in [4.69, 9.17) is 0 Å². The Hall–Kier alpha value is -2.34. The average Bonchev–Trinajstić information content (AvgIpc) is 3.22. The Morgan fingerprint density at radius 1 is 1.23 bits per heavy atom. The summed E-state index contributed by atoms with van der Waals surface area (Å²) < 4.78 is 0. The molecule has 0 amide bonds. The van der Waals surface area contributed by atoms with Gasteiger partial charge in [-0.2, -0.15) is 0 Å². The van der Waals surface area contributed by atoms with Crippen molar-refractivity contribution in [2.24, 2.45) is 4.99 Å². The van der Waals surface area contributed by atoms with E-state index in [2.05, 4.69) is 69.2 Å². The molecule has 3 aromatic rings. The van der Waals surface area contributed by atoms with Crippen LogP contribution in [0.25, 0.3) is 10.9 Å². The second-order valence-corrected chi connectivity index (χ2v) is 7.42. The predicted molar refractivity (Wildman–Crippen MR) is 111 cm³/mol. The van der Waals surface area contributed by atoms with Crippen LogP contribution in [-0.2, 0) is 12.8 Å². The Morgan fingerprint density at radius 3 is 2.88 bits per heavy atom. The number of aromatic amines is 1. The minimum atomic E-state index is 0.741. The minimum Gasteiger partial charge on any atom is -0.361 e. The second-order valence-electron chi connectivity index (χ2n) is 6.36. The van der Waals surface area contributed by atoms with Gasteiger partial charge in [-0.25, -0.2) is 4.98 Å². The first-order valence-electron chi connectivity index (χ1n) is 9.16. The standard InChI is InChI=1S/C20H27N5S/c1-4-21-20(23-11-9-17-13-26-15(3)25-17)22-10-8-16-12-24-18-7-5-6-14(2)19(16)18/h5-7,12-13,24H,4,8-11H2,1-3H3,(H2,21,22,23). The fraction of sp³-hybridized carbons (Fsp3) is 0.400. The fourth-order valence-electron chi connectivity index (χ4n) is 3.11. The van der Waals surface area contributed by atoms with Gasteiger partial charge in [0.2, 0.25) is 0 Å². The zero-order valence-electron chi connectivity index (χ0n) is 15.7. The smallest absolute Gasteiger partial charge is 0.191 e. The molecule has 1 aromatic carbocycles. The lowest BCUT2D eigenvalue weighted by Crippen LogP contribution is -2.38. The van der Waals surface area contributed by atoms with Gasteiger partial charge in [0.05, 0.1) is 10.7 Å². The van der Waals surface area contributed by atoms with Crippen LogP contribution in [0, 0.1) is 13.8 Å². The summed E-state index contributed by atoms with van der Waals surface area (Å²) in [5, 5.41) is 11.3. The molecule has 0 spiro atoms. The molecule has 3 rings (SSSR count). The highest BCUT2D eigenvalue weighted by Crippen LogP contribution is 2.22. The van der Waals surface area contributed by atoms with Gasteiger partial charge in [-0.3, -0.25) is 4.99 Å². The number of benzene rings is 1. The Balaban J connectivity index is 1.55. The molecule has 0 unspecified atom stereocenters. The van der Waals surface area contributed by atoms with Crippen LogP contribution in [0.2, 0.25) is 0 Å². The largest absolute Gasteiger partial charge is 0.361 e. The zero-order valence-corrected chi connectivity index (χ0v) is 16.5. The highest BCUT2D eigenvalue weighted by atomic mass is 32.1. The molecule has 0 aliphatic heterocycles. The molecule has 3 N–H and O–H groups in total. The molecule has 0 saturated heterocycles. The number of H-pyrrole nitrogens is 1. The van der Waals surface area contributed by atoms with E-state index in [-0.39, 0.29) is 0 Å². The monoisotopic (exact) mass is 369 g/mol. The maximum atomic E-state index is 4.67. The number of aromatic nitrogens is 2. The van der Waals surface area contributed by atoms with Gasteiger partial charge in [-0.1, -0.05) is 12.1 Å². The summed E-state index contributed by atoms with van der Waals surface area (Å²) >= 11 is 1.69. The van der Waals surface area contributed by atoms with Crippen molar-refractivity contribution in [2.45, 2.75) is 33.6 Å². The van der Waals surface area contributed by atoms with E-state index in [1.807, 2.05) is 6.92 Å². The van der Waals surface area contributed by atoms with Crippen LogP contribution in [0.15, 0.2) is 34.8 Å². The van der Waals surface area contributed by atoms with Gasteiger partial charge in [0.25, 0.3) is 0 Å². The third-order valence-electron chi connectivity index (χ3n) is 4.33. The Kier molecular flexibility index (Phi) is 6.28. The van der Waals surface area contributed by atoms with E-state index in [9.17, 15) is 0 Å². The van der Waals surface area contributed by atoms with Crippen LogP contribution in [-0.4, -0.2) is 35.6 Å². The highest BCUT2D eigenvalue weighted by Gasteiger charge is 2.06. The number of thiazole rings is 1. The molecule has 26 heavy (non-hydrogen) atoms. The normalized spacial score (nSPS) is 11.9. The van der Waals surface area contributed by atoms with Gasteiger partial charge in [0.1, 0.15) is 0 Å². The van der Waals surface area contributed by atoms with E-state index in [0.717, 1.165) is 49.1 Å². The molecule has 0 atom stereocenters. The lowest BCUT2D eigenvalue weighted by atomic mass is 10.1. The van der Waals surface area contributed by atoms with Gasteiger partial charge in [-0.05, 0) is 44.4 Å². The summed E-state index contributed by atoms with van der Waals surface area (Å²) in [5.41, 5.74) is 5.00. The van der Waals surface area contributed by atoms with Crippen molar-refractivity contribution in [3.63, 3.8) is 0 Å². The van der Waals surface area contributed by atoms with E-state index < -0.39 is 0 Å². The number of hydrogen-bond acceptors (Lipinski definition) is 3. The molecule has 0 aliphatic rings. The molecule has 6 heteroatoms. The van der Waals surface area contributed by atoms with Crippen molar-refractivity contribution in [2.75, 3.05) is 19.6 Å². The number of aliphatic imine (C=N–C) groups is 1. The van der Waals surface area contributed by atoms with Gasteiger partial charge in [0, 0.05) is 48.5 Å². The van der Waals surface area contributed by atoms with Crippen molar-refractivity contribution in [3.05, 3.63) is 51.6 Å². The first-order chi connectivity index (χ1) is 12.7. The lowest BCUT2D eigenvalue weighted by Gasteiger charge is -2.11. The maximum absolute atomic E-state index is 4.67. The Bertz CT molecular complexity index is 877. The van der Waals surface area contributed by atoms with Crippen molar-refractivity contribution in [3.8, 4) is 0 Å². The summed E-state index contributed by atoms with van der Waals surface area (Å²) in [6.07, 6.45) is 3.96. The molecule has 0 fully saturated rings. The second kappa shape index (κ2) is 8.85. The van der Waals surface area contributed by atoms with Crippen LogP contribution in [0.4, 0.5) is 0 Å². The average molecular weight is 370 g/mol. The van der Waals surface area contributed by atoms with E-state index in [1.54, 1.807) is 11.3 Å². The molecule has 0 radical (unpaired) electrons. The van der Waals surface area contributed by atoms with Crippen LogP contribution >= 0.6 is 11.3 Å². The highest BCUT2D eigenvalue weighted by molar-refractivity contribution is 7.09. The van der Waals surface area contributed by atoms with Crippen molar-refractivity contribution < 1.29 is 0 Å². The molecule has 2 heterocycles. The number of guanidine groups is 1. The number of rotatable bonds is 7. The van der Waals surface area contributed by atoms with Crippen molar-refractivity contribution in [1.82, 2.24) is 20.6 Å².